The summed E-state index contributed by atoms with van der Waals surface area (Å²) >= 11 is 0. The third-order valence-corrected chi connectivity index (χ3v) is 11.6. The molecule has 3 atom stereocenters. The summed E-state index contributed by atoms with van der Waals surface area (Å²) in [5.74, 6) is -2.36. The van der Waals surface area contributed by atoms with Crippen molar-refractivity contribution in [1.82, 2.24) is 0 Å². The maximum absolute atomic E-state index is 12.6. The van der Waals surface area contributed by atoms with Gasteiger partial charge >= 0.3 is 25.7 Å². The van der Waals surface area contributed by atoms with Gasteiger partial charge in [0.25, 0.3) is 0 Å². The van der Waals surface area contributed by atoms with Crippen molar-refractivity contribution in [2.75, 3.05) is 19.8 Å². The topological polar surface area (TPSA) is 172 Å². The summed E-state index contributed by atoms with van der Waals surface area (Å²) in [6.45, 7) is 2.83. The zero-order valence-corrected chi connectivity index (χ0v) is 37.6. The highest BCUT2D eigenvalue weighted by Gasteiger charge is 2.28. The van der Waals surface area contributed by atoms with E-state index in [1.165, 1.54) is 161 Å². The molecule has 0 saturated carbocycles. The lowest BCUT2D eigenvalue weighted by atomic mass is 10.0. The first-order valence-corrected chi connectivity index (χ1v) is 25.1. The van der Waals surface area contributed by atoms with E-state index in [1.54, 1.807) is 0 Å². The van der Waals surface area contributed by atoms with Crippen LogP contribution in [0.2, 0.25) is 0 Å². The lowest BCUT2D eigenvalue weighted by Crippen LogP contribution is -2.34. The third-order valence-electron chi connectivity index (χ3n) is 10.6. The summed E-state index contributed by atoms with van der Waals surface area (Å²) < 4.78 is 32.7. The van der Waals surface area contributed by atoms with Gasteiger partial charge in [-0.25, -0.2) is 4.57 Å². The number of hydrogen-bond donors (Lipinski definition) is 3. The van der Waals surface area contributed by atoms with Gasteiger partial charge in [-0.05, 0) is 12.8 Å². The maximum atomic E-state index is 12.6. The molecule has 0 aromatic carbocycles. The Hall–Kier alpha value is -1.52. The van der Waals surface area contributed by atoms with Crippen LogP contribution >= 0.6 is 7.82 Å². The fourth-order valence-corrected chi connectivity index (χ4v) is 7.67. The van der Waals surface area contributed by atoms with E-state index in [9.17, 15) is 23.8 Å². The second-order valence-electron chi connectivity index (χ2n) is 16.3. The Morgan fingerprint density at radius 1 is 0.474 bits per heavy atom. The van der Waals surface area contributed by atoms with Crippen molar-refractivity contribution in [2.45, 2.75) is 251 Å². The van der Waals surface area contributed by atoms with Gasteiger partial charge < -0.3 is 25.2 Å². The Morgan fingerprint density at radius 3 is 1.11 bits per heavy atom. The Morgan fingerprint density at radius 2 is 0.772 bits per heavy atom. The first-order chi connectivity index (χ1) is 27.6. The number of rotatable bonds is 45. The van der Waals surface area contributed by atoms with Gasteiger partial charge in [0.2, 0.25) is 0 Å². The number of aliphatic carboxylic acids is 1. The predicted octanol–water partition coefficient (Wildman–Crippen LogP) is 12.7. The number of phosphoric acid groups is 1. The smallest absolute Gasteiger partial charge is 0.472 e. The van der Waals surface area contributed by atoms with Gasteiger partial charge in [0.1, 0.15) is 12.6 Å². The molecule has 0 spiro atoms. The predicted molar refractivity (Wildman–Crippen MR) is 231 cm³/mol. The molecular formula is C45H88NO10P. The number of ether oxygens (including phenoxy) is 2. The highest BCUT2D eigenvalue weighted by atomic mass is 31.2. The Kier molecular flexibility index (Phi) is 40.1. The average Bonchev–Trinajstić information content (AvgIpc) is 3.19. The highest BCUT2D eigenvalue weighted by Crippen LogP contribution is 2.43. The van der Waals surface area contributed by atoms with Crippen LogP contribution < -0.4 is 5.73 Å². The summed E-state index contributed by atoms with van der Waals surface area (Å²) in [4.78, 5) is 45.9. The van der Waals surface area contributed by atoms with E-state index in [2.05, 4.69) is 18.4 Å². The van der Waals surface area contributed by atoms with Crippen molar-refractivity contribution in [3.8, 4) is 0 Å². The molecule has 57 heavy (non-hydrogen) atoms. The number of phosphoric ester groups is 1. The van der Waals surface area contributed by atoms with Gasteiger partial charge in [-0.3, -0.25) is 23.4 Å². The van der Waals surface area contributed by atoms with Crippen molar-refractivity contribution < 1.29 is 47.5 Å². The molecule has 1 unspecified atom stereocenters. The SMILES string of the molecule is CCCCCCCCCCCCCCCCCCCCCCCCC(=O)OC[C@@H](COP(=O)(O)OC[C@@H](N)C(=O)O)OC(=O)CCCCCCCCCCCCC. The number of carboxylic acids is 1. The number of nitrogens with two attached hydrogens (primary N) is 1. The molecule has 4 N–H and O–H groups in total. The van der Waals surface area contributed by atoms with E-state index in [-0.39, 0.29) is 19.4 Å². The molecule has 0 aromatic heterocycles. The molecule has 0 aliphatic carbocycles. The Balaban J connectivity index is 4.15. The monoisotopic (exact) mass is 834 g/mol. The summed E-state index contributed by atoms with van der Waals surface area (Å²) in [6, 6.07) is -1.52. The van der Waals surface area contributed by atoms with Crippen molar-refractivity contribution in [3.05, 3.63) is 0 Å². The molecule has 338 valence electrons. The van der Waals surface area contributed by atoms with Crippen LogP contribution in [-0.2, 0) is 37.5 Å². The third kappa shape index (κ3) is 41.0. The molecule has 0 bridgehead atoms. The molecule has 0 amide bonds. The number of hydrogen-bond acceptors (Lipinski definition) is 9. The summed E-state index contributed by atoms with van der Waals surface area (Å²) in [7, 11) is -4.71. The molecule has 0 saturated heterocycles. The normalized spacial score (nSPS) is 13.6. The number of carboxylic acid groups (broad SMARTS) is 1. The van der Waals surface area contributed by atoms with Crippen molar-refractivity contribution in [1.29, 1.82) is 0 Å². The second kappa shape index (κ2) is 41.2. The zero-order valence-electron chi connectivity index (χ0n) is 36.7. The Bertz CT molecular complexity index is 984. The van der Waals surface area contributed by atoms with Gasteiger partial charge in [-0.1, -0.05) is 213 Å². The van der Waals surface area contributed by atoms with E-state index in [1.807, 2.05) is 0 Å². The fourth-order valence-electron chi connectivity index (χ4n) is 6.89. The molecular weight excluding hydrogens is 745 g/mol. The molecule has 0 fully saturated rings. The minimum absolute atomic E-state index is 0.168. The van der Waals surface area contributed by atoms with Gasteiger partial charge in [0, 0.05) is 12.8 Å². The quantitative estimate of drug-likeness (QED) is 0.0303. The van der Waals surface area contributed by atoms with Crippen molar-refractivity contribution in [2.24, 2.45) is 5.73 Å². The lowest BCUT2D eigenvalue weighted by Gasteiger charge is -2.20. The molecule has 0 radical (unpaired) electrons. The van der Waals surface area contributed by atoms with E-state index < -0.39 is 51.1 Å². The largest absolute Gasteiger partial charge is 0.480 e. The van der Waals surface area contributed by atoms with Gasteiger partial charge in [0.05, 0.1) is 13.2 Å². The lowest BCUT2D eigenvalue weighted by molar-refractivity contribution is -0.161. The van der Waals surface area contributed by atoms with Crippen molar-refractivity contribution >= 4 is 25.7 Å². The van der Waals surface area contributed by atoms with E-state index in [4.69, 9.17) is 24.8 Å². The van der Waals surface area contributed by atoms with Gasteiger partial charge in [-0.15, -0.1) is 0 Å². The molecule has 12 heteroatoms. The van der Waals surface area contributed by atoms with Crippen LogP contribution in [0.25, 0.3) is 0 Å². The minimum atomic E-state index is -4.71. The molecule has 0 aliphatic heterocycles. The maximum Gasteiger partial charge on any atom is 0.472 e. The number of esters is 2. The number of carbonyl (C=O) groups is 3. The number of carbonyl (C=O) groups excluding carboxylic acids is 2. The van der Waals surface area contributed by atoms with Crippen molar-refractivity contribution in [3.63, 3.8) is 0 Å². The average molecular weight is 834 g/mol. The van der Waals surface area contributed by atoms with Crippen LogP contribution in [0.1, 0.15) is 239 Å². The van der Waals surface area contributed by atoms with Crippen LogP contribution in [0, 0.1) is 0 Å². The van der Waals surface area contributed by atoms with Gasteiger partial charge in [0.15, 0.2) is 6.10 Å². The van der Waals surface area contributed by atoms with E-state index in [0.717, 1.165) is 38.5 Å². The second-order valence-corrected chi connectivity index (χ2v) is 17.7. The van der Waals surface area contributed by atoms with E-state index >= 15 is 0 Å². The first-order valence-electron chi connectivity index (χ1n) is 23.6. The van der Waals surface area contributed by atoms with Crippen LogP contribution in [0.3, 0.4) is 0 Å². The molecule has 0 aromatic rings. The fraction of sp³-hybridized carbons (Fsp3) is 0.933. The van der Waals surface area contributed by atoms with Crippen LogP contribution in [0.4, 0.5) is 0 Å². The molecule has 11 nitrogen and oxygen atoms in total. The van der Waals surface area contributed by atoms with Gasteiger partial charge in [-0.2, -0.15) is 0 Å². The standard InChI is InChI=1S/C45H88NO10P/c1-3-5-7-9-11-13-15-16-17-18-19-20-21-22-23-24-25-27-28-30-32-34-36-43(47)53-38-41(39-54-57(51,52)55-40-42(46)45(49)50)56-44(48)37-35-33-31-29-26-14-12-10-8-6-4-2/h41-42H,3-40,46H2,1-2H3,(H,49,50)(H,51,52)/t41-,42+/m0/s1. The Labute approximate surface area is 348 Å². The molecule has 0 heterocycles. The molecule has 0 aliphatic rings. The number of unbranched alkanes of at least 4 members (excludes halogenated alkanes) is 31. The van der Waals surface area contributed by atoms with E-state index in [0.29, 0.717) is 12.8 Å². The summed E-state index contributed by atoms with van der Waals surface area (Å²) in [5.41, 5.74) is 5.33. The van der Waals surface area contributed by atoms with Crippen LogP contribution in [0.15, 0.2) is 0 Å². The zero-order chi connectivity index (χ0) is 42.1. The highest BCUT2D eigenvalue weighted by molar-refractivity contribution is 7.47. The molecule has 0 rings (SSSR count). The minimum Gasteiger partial charge on any atom is -0.480 e. The first kappa shape index (κ1) is 55.5. The summed E-state index contributed by atoms with van der Waals surface area (Å²) in [6.07, 6.45) is 40.4. The van der Waals surface area contributed by atoms with Crippen LogP contribution in [-0.4, -0.2) is 59.9 Å². The summed E-state index contributed by atoms with van der Waals surface area (Å²) in [5, 5.41) is 8.89. The van der Waals surface area contributed by atoms with Crippen LogP contribution in [0.5, 0.6) is 0 Å².